The Bertz CT molecular complexity index is 331. The largest absolute Gasteiger partial charge is 0.480 e. The van der Waals surface area contributed by atoms with Crippen molar-refractivity contribution in [2.24, 2.45) is 0 Å². The molecule has 110 valence electrons. The number of hydrogen-bond acceptors (Lipinski definition) is 3. The van der Waals surface area contributed by atoms with Crippen LogP contribution in [0.5, 0.6) is 0 Å². The van der Waals surface area contributed by atoms with Crippen LogP contribution in [0.2, 0.25) is 0 Å². The van der Waals surface area contributed by atoms with E-state index in [-0.39, 0.29) is 6.54 Å². The normalized spacial score (nSPS) is 13.5. The minimum Gasteiger partial charge on any atom is -0.480 e. The van der Waals surface area contributed by atoms with Gasteiger partial charge in [-0.05, 0) is 27.7 Å². The summed E-state index contributed by atoms with van der Waals surface area (Å²) in [5.41, 5.74) is -0.749. The van der Waals surface area contributed by atoms with Gasteiger partial charge in [0.25, 0.3) is 0 Å². The molecule has 2 atom stereocenters. The van der Waals surface area contributed by atoms with Gasteiger partial charge in [0.05, 0.1) is 6.54 Å². The molecule has 0 fully saturated rings. The molecule has 0 aromatic heterocycles. The summed E-state index contributed by atoms with van der Waals surface area (Å²) in [7, 11) is 1.91. The maximum Gasteiger partial charge on any atom is 0.410 e. The summed E-state index contributed by atoms with van der Waals surface area (Å²) in [6.07, 6.45) is 7.16. The number of carbonyl (C=O) groups excluding carboxylic acids is 1. The van der Waals surface area contributed by atoms with E-state index in [0.717, 1.165) is 4.90 Å². The van der Waals surface area contributed by atoms with E-state index in [1.807, 2.05) is 9.24 Å². The van der Waals surface area contributed by atoms with Gasteiger partial charge in [0.15, 0.2) is 0 Å². The van der Waals surface area contributed by atoms with Gasteiger partial charge >= 0.3 is 12.1 Å². The molecular weight excluding hydrogens is 272 g/mol. The number of terminal acetylenes is 1. The molecule has 5 nitrogen and oxygen atoms in total. The molecule has 0 aromatic carbocycles. The Labute approximate surface area is 115 Å². The van der Waals surface area contributed by atoms with Crippen molar-refractivity contribution in [2.45, 2.75) is 38.7 Å². The average Bonchev–Trinajstić information content (AvgIpc) is 2.14. The lowest BCUT2D eigenvalue weighted by Crippen LogP contribution is -2.44. The topological polar surface area (TPSA) is 66.8 Å². The van der Waals surface area contributed by atoms with Crippen LogP contribution >= 0.6 is 9.24 Å². The van der Waals surface area contributed by atoms with E-state index >= 15 is 0 Å². The van der Waals surface area contributed by atoms with Crippen LogP contribution in [-0.2, 0) is 9.53 Å². The van der Waals surface area contributed by atoms with Gasteiger partial charge in [-0.15, -0.1) is 12.8 Å². The van der Waals surface area contributed by atoms with Crippen molar-refractivity contribution in [2.75, 3.05) is 13.1 Å². The van der Waals surface area contributed by atoms with E-state index in [1.54, 1.807) is 20.8 Å². The van der Waals surface area contributed by atoms with Crippen molar-refractivity contribution in [3.05, 3.63) is 0 Å². The second-order valence-electron chi connectivity index (χ2n) is 5.01. The third-order valence-corrected chi connectivity index (χ3v) is 1.66. The summed E-state index contributed by atoms with van der Waals surface area (Å²) in [4.78, 5) is 23.0. The van der Waals surface area contributed by atoms with Crippen molar-refractivity contribution < 1.29 is 23.8 Å². The average molecular weight is 293 g/mol. The van der Waals surface area contributed by atoms with Crippen molar-refractivity contribution in [3.63, 3.8) is 0 Å². The molecule has 1 N–H and O–H groups in total. The number of amides is 1. The molecule has 7 heteroatoms. The molecule has 0 aliphatic rings. The van der Waals surface area contributed by atoms with Gasteiger partial charge in [0.2, 0.25) is 0 Å². The Hall–Kier alpha value is -1.34. The molecule has 1 amide bonds. The van der Waals surface area contributed by atoms with Crippen LogP contribution in [0.3, 0.4) is 0 Å². The quantitative estimate of drug-likeness (QED) is 0.637. The lowest BCUT2D eigenvalue weighted by Gasteiger charge is -2.29. The number of ether oxygens (including phenoxy) is 1. The number of hydrogen-bond donors (Lipinski definition) is 1. The van der Waals surface area contributed by atoms with Crippen LogP contribution in [0.4, 0.5) is 9.18 Å². The molecule has 0 spiro atoms. The number of nitrogens with zero attached hydrogens (tertiary/aromatic N) is 1. The van der Waals surface area contributed by atoms with Gasteiger partial charge < -0.3 is 9.84 Å². The lowest BCUT2D eigenvalue weighted by atomic mass is 10.2. The van der Waals surface area contributed by atoms with E-state index in [4.69, 9.17) is 9.84 Å². The highest BCUT2D eigenvalue weighted by molar-refractivity contribution is 7.18. The SMILES string of the molecule is C#C.CC(F)(P)CN(CC(=O)O)C(=O)OC(C)(C)C. The number of halogens is 1. The third-order valence-electron chi connectivity index (χ3n) is 1.48. The zero-order valence-electron chi connectivity index (χ0n) is 11.6. The number of alkyl halides is 1. The predicted octanol–water partition coefficient (Wildman–Crippen LogP) is 2.12. The van der Waals surface area contributed by atoms with E-state index in [9.17, 15) is 14.0 Å². The smallest absolute Gasteiger partial charge is 0.410 e. The number of carboxylic acids is 1. The zero-order valence-corrected chi connectivity index (χ0v) is 12.8. The Morgan fingerprint density at radius 1 is 1.32 bits per heavy atom. The number of aliphatic carboxylic acids is 1. The fourth-order valence-corrected chi connectivity index (χ4v) is 1.27. The lowest BCUT2D eigenvalue weighted by molar-refractivity contribution is -0.138. The van der Waals surface area contributed by atoms with Crippen molar-refractivity contribution in [3.8, 4) is 12.8 Å². The molecule has 0 aromatic rings. The van der Waals surface area contributed by atoms with Crippen LogP contribution in [0.25, 0.3) is 0 Å². The minimum absolute atomic E-state index is 0.362. The van der Waals surface area contributed by atoms with Gasteiger partial charge in [0.1, 0.15) is 17.6 Å². The predicted molar refractivity (Wildman–Crippen MR) is 74.6 cm³/mol. The number of carboxylic acid groups (broad SMARTS) is 1. The van der Waals surface area contributed by atoms with Gasteiger partial charge in [-0.3, -0.25) is 9.69 Å². The standard InChI is InChI=1S/C10H19FNO4P.C2H2/c1-9(2,3)16-8(15)12(5-7(13)14)6-10(4,11)17;1-2/h5-6,17H2,1-4H3,(H,13,14);1-2H. The molecule has 0 rings (SSSR count). The summed E-state index contributed by atoms with van der Waals surface area (Å²) in [5, 5.41) is 6.89. The van der Waals surface area contributed by atoms with Gasteiger partial charge in [-0.25, -0.2) is 9.18 Å². The Kier molecular flexibility index (Phi) is 8.37. The fraction of sp³-hybridized carbons (Fsp3) is 0.667. The van der Waals surface area contributed by atoms with Crippen LogP contribution in [0.15, 0.2) is 0 Å². The first kappa shape index (κ1) is 20.0. The van der Waals surface area contributed by atoms with E-state index in [1.165, 1.54) is 6.92 Å². The van der Waals surface area contributed by atoms with Gasteiger partial charge in [-0.1, -0.05) is 9.24 Å². The van der Waals surface area contributed by atoms with Crippen LogP contribution < -0.4 is 0 Å². The van der Waals surface area contributed by atoms with Crippen molar-refractivity contribution >= 4 is 21.3 Å². The van der Waals surface area contributed by atoms with Crippen LogP contribution in [-0.4, -0.2) is 46.2 Å². The molecule has 0 heterocycles. The molecule has 0 bridgehead atoms. The highest BCUT2D eigenvalue weighted by Crippen LogP contribution is 2.21. The Morgan fingerprint density at radius 2 is 1.74 bits per heavy atom. The maximum absolute atomic E-state index is 13.4. The van der Waals surface area contributed by atoms with Crippen molar-refractivity contribution in [1.82, 2.24) is 4.90 Å². The molecule has 2 unspecified atom stereocenters. The fourth-order valence-electron chi connectivity index (χ4n) is 1.05. The van der Waals surface area contributed by atoms with E-state index in [2.05, 4.69) is 12.8 Å². The van der Waals surface area contributed by atoms with Crippen LogP contribution in [0.1, 0.15) is 27.7 Å². The number of carbonyl (C=O) groups is 2. The first-order valence-corrected chi connectivity index (χ1v) is 5.99. The summed E-state index contributed by atoms with van der Waals surface area (Å²) < 4.78 is 18.4. The molecule has 0 saturated heterocycles. The molecule has 0 radical (unpaired) electrons. The second-order valence-corrected chi connectivity index (χ2v) is 6.21. The Morgan fingerprint density at radius 3 is 2.00 bits per heavy atom. The van der Waals surface area contributed by atoms with Crippen LogP contribution in [0, 0.1) is 12.8 Å². The zero-order chi connectivity index (χ0) is 15.9. The molecule has 0 aliphatic carbocycles. The first-order valence-electron chi connectivity index (χ1n) is 5.41. The van der Waals surface area contributed by atoms with Gasteiger partial charge in [0, 0.05) is 0 Å². The first-order chi connectivity index (χ1) is 8.41. The molecule has 0 saturated carbocycles. The third kappa shape index (κ3) is 12.9. The number of rotatable bonds is 4. The molecule has 0 aliphatic heterocycles. The highest BCUT2D eigenvalue weighted by Gasteiger charge is 2.29. The summed E-state index contributed by atoms with van der Waals surface area (Å²) in [6, 6.07) is 0. The second kappa shape index (κ2) is 7.96. The highest BCUT2D eigenvalue weighted by atomic mass is 31.0. The summed E-state index contributed by atoms with van der Waals surface area (Å²) in [6.45, 7) is 5.23. The van der Waals surface area contributed by atoms with E-state index in [0.29, 0.717) is 0 Å². The monoisotopic (exact) mass is 293 g/mol. The molecular formula is C12H21FNO4P. The summed E-state index contributed by atoms with van der Waals surface area (Å²) >= 11 is 0. The Balaban J connectivity index is 0. The summed E-state index contributed by atoms with van der Waals surface area (Å²) in [5.74, 6) is -1.22. The minimum atomic E-state index is -1.76. The maximum atomic E-state index is 13.4. The van der Waals surface area contributed by atoms with Crippen molar-refractivity contribution in [1.29, 1.82) is 0 Å². The van der Waals surface area contributed by atoms with Gasteiger partial charge in [-0.2, -0.15) is 0 Å². The van der Waals surface area contributed by atoms with E-state index < -0.39 is 29.6 Å². The molecule has 19 heavy (non-hydrogen) atoms.